The molecule has 5 rings (SSSR count). The molecule has 3 amide bonds. The molecule has 26 heavy (non-hydrogen) atoms. The van der Waals surface area contributed by atoms with Crippen molar-refractivity contribution in [3.8, 4) is 0 Å². The molecule has 7 heteroatoms. The zero-order chi connectivity index (χ0) is 17.9. The van der Waals surface area contributed by atoms with E-state index in [1.165, 1.54) is 12.0 Å². The van der Waals surface area contributed by atoms with E-state index in [0.717, 1.165) is 31.7 Å². The fraction of sp³-hybridized carbons (Fsp3) is 0.526. The van der Waals surface area contributed by atoms with Crippen molar-refractivity contribution in [1.29, 1.82) is 0 Å². The topological polar surface area (TPSA) is 81.8 Å². The van der Waals surface area contributed by atoms with Gasteiger partial charge in [-0.05, 0) is 36.6 Å². The maximum atomic E-state index is 12.8. The number of nitrogens with zero attached hydrogens (tertiary/aromatic N) is 2. The highest BCUT2D eigenvalue weighted by atomic mass is 16.2. The fourth-order valence-corrected chi connectivity index (χ4v) is 4.71. The first-order valence-electron chi connectivity index (χ1n) is 9.27. The molecule has 0 radical (unpaired) electrons. The first-order valence-corrected chi connectivity index (χ1v) is 9.27. The van der Waals surface area contributed by atoms with Crippen molar-refractivity contribution in [2.75, 3.05) is 19.6 Å². The van der Waals surface area contributed by atoms with Crippen molar-refractivity contribution in [1.82, 2.24) is 20.4 Å². The number of amides is 3. The molecule has 1 unspecified atom stereocenters. The molecular weight excluding hydrogens is 332 g/mol. The van der Waals surface area contributed by atoms with Crippen LogP contribution in [0.3, 0.4) is 0 Å². The Hall–Kier alpha value is -2.25. The van der Waals surface area contributed by atoms with Gasteiger partial charge < -0.3 is 10.2 Å². The Morgan fingerprint density at radius 3 is 2.69 bits per heavy atom. The Labute approximate surface area is 151 Å². The van der Waals surface area contributed by atoms with Crippen LogP contribution in [0.1, 0.15) is 40.7 Å². The molecule has 0 aromatic heterocycles. The molecule has 1 aromatic rings. The maximum Gasteiger partial charge on any atom is 0.255 e. The Kier molecular flexibility index (Phi) is 3.45. The summed E-state index contributed by atoms with van der Waals surface area (Å²) in [6, 6.07) is 5.31. The number of hydrogen-bond donors (Lipinski definition) is 2. The van der Waals surface area contributed by atoms with Crippen LogP contribution in [0, 0.1) is 0 Å². The monoisotopic (exact) mass is 354 g/mol. The van der Waals surface area contributed by atoms with Crippen LogP contribution in [0.2, 0.25) is 0 Å². The van der Waals surface area contributed by atoms with Gasteiger partial charge in [-0.15, -0.1) is 0 Å². The standard InChI is InChI=1S/C19H22N4O3/c24-16-5-4-15(17(25)21-16)23-9-14-12(2-1-3-13(14)18(23)26)8-22-10-19(11-22)6-7-20-19/h1-3,15,20H,4-11H2,(H,21,24,25). The van der Waals surface area contributed by atoms with Gasteiger partial charge in [-0.1, -0.05) is 12.1 Å². The maximum absolute atomic E-state index is 12.8. The van der Waals surface area contributed by atoms with Crippen LogP contribution >= 0.6 is 0 Å². The summed E-state index contributed by atoms with van der Waals surface area (Å²) in [5.41, 5.74) is 3.24. The van der Waals surface area contributed by atoms with Gasteiger partial charge >= 0.3 is 0 Å². The highest BCUT2D eigenvalue weighted by molar-refractivity contribution is 6.05. The van der Waals surface area contributed by atoms with Crippen LogP contribution in [0.25, 0.3) is 0 Å². The predicted molar refractivity (Wildman–Crippen MR) is 93.1 cm³/mol. The normalized spacial score (nSPS) is 27.2. The van der Waals surface area contributed by atoms with Crippen LogP contribution in [0.4, 0.5) is 0 Å². The van der Waals surface area contributed by atoms with E-state index in [4.69, 9.17) is 0 Å². The second-order valence-electron chi connectivity index (χ2n) is 7.95. The molecule has 4 aliphatic heterocycles. The largest absolute Gasteiger partial charge is 0.322 e. The summed E-state index contributed by atoms with van der Waals surface area (Å²) in [6.07, 6.45) is 1.93. The van der Waals surface area contributed by atoms with Gasteiger partial charge in [-0.3, -0.25) is 24.6 Å². The van der Waals surface area contributed by atoms with Gasteiger partial charge in [0.2, 0.25) is 11.8 Å². The van der Waals surface area contributed by atoms with E-state index in [1.807, 2.05) is 12.1 Å². The molecule has 1 atom stereocenters. The van der Waals surface area contributed by atoms with Crippen molar-refractivity contribution in [2.24, 2.45) is 0 Å². The lowest BCUT2D eigenvalue weighted by Crippen LogP contribution is -2.75. The lowest BCUT2D eigenvalue weighted by Gasteiger charge is -2.56. The summed E-state index contributed by atoms with van der Waals surface area (Å²) >= 11 is 0. The van der Waals surface area contributed by atoms with Gasteiger partial charge in [0, 0.05) is 43.7 Å². The van der Waals surface area contributed by atoms with E-state index in [-0.39, 0.29) is 24.1 Å². The summed E-state index contributed by atoms with van der Waals surface area (Å²) < 4.78 is 0. The van der Waals surface area contributed by atoms with Crippen LogP contribution in [0.5, 0.6) is 0 Å². The number of carbonyl (C=O) groups excluding carboxylic acids is 3. The van der Waals surface area contributed by atoms with Crippen molar-refractivity contribution in [3.63, 3.8) is 0 Å². The third-order valence-corrected chi connectivity index (χ3v) is 6.23. The number of likely N-dealkylation sites (tertiary alicyclic amines) is 1. The molecule has 0 saturated carbocycles. The summed E-state index contributed by atoms with van der Waals surface area (Å²) in [7, 11) is 0. The zero-order valence-electron chi connectivity index (χ0n) is 14.6. The van der Waals surface area contributed by atoms with Crippen molar-refractivity contribution >= 4 is 17.7 Å². The Bertz CT molecular complexity index is 809. The SMILES string of the molecule is O=C1CCC(N2Cc3c(CN4CC5(CCN5)C4)cccc3C2=O)C(=O)N1. The lowest BCUT2D eigenvalue weighted by atomic mass is 9.80. The zero-order valence-corrected chi connectivity index (χ0v) is 14.6. The van der Waals surface area contributed by atoms with Gasteiger partial charge in [-0.2, -0.15) is 0 Å². The smallest absolute Gasteiger partial charge is 0.255 e. The lowest BCUT2D eigenvalue weighted by molar-refractivity contribution is -0.136. The van der Waals surface area contributed by atoms with Gasteiger partial charge in [-0.25, -0.2) is 0 Å². The van der Waals surface area contributed by atoms with Gasteiger partial charge in [0.1, 0.15) is 6.04 Å². The average molecular weight is 354 g/mol. The van der Waals surface area contributed by atoms with Crippen LogP contribution < -0.4 is 10.6 Å². The van der Waals surface area contributed by atoms with Crippen LogP contribution in [0.15, 0.2) is 18.2 Å². The molecule has 3 saturated heterocycles. The molecule has 4 aliphatic rings. The minimum atomic E-state index is -0.549. The molecule has 4 heterocycles. The number of rotatable bonds is 3. The predicted octanol–water partition coefficient (Wildman–Crippen LogP) is -0.00470. The number of carbonyl (C=O) groups is 3. The molecule has 3 fully saturated rings. The Balaban J connectivity index is 1.33. The van der Waals surface area contributed by atoms with E-state index in [2.05, 4.69) is 21.6 Å². The minimum Gasteiger partial charge on any atom is -0.322 e. The summed E-state index contributed by atoms with van der Waals surface area (Å²) in [5.74, 6) is -0.714. The molecule has 1 aromatic carbocycles. The van der Waals surface area contributed by atoms with Crippen LogP contribution in [-0.2, 0) is 22.7 Å². The van der Waals surface area contributed by atoms with E-state index in [0.29, 0.717) is 24.1 Å². The number of piperidine rings is 1. The molecular formula is C19H22N4O3. The number of benzene rings is 1. The van der Waals surface area contributed by atoms with Crippen molar-refractivity contribution in [2.45, 2.75) is 43.9 Å². The first kappa shape index (κ1) is 16.0. The van der Waals surface area contributed by atoms with E-state index in [9.17, 15) is 14.4 Å². The molecule has 136 valence electrons. The van der Waals surface area contributed by atoms with Gasteiger partial charge in [0.25, 0.3) is 5.91 Å². The third-order valence-electron chi connectivity index (χ3n) is 6.23. The fourth-order valence-electron chi connectivity index (χ4n) is 4.71. The van der Waals surface area contributed by atoms with Crippen molar-refractivity contribution in [3.05, 3.63) is 34.9 Å². The molecule has 7 nitrogen and oxygen atoms in total. The quantitative estimate of drug-likeness (QED) is 0.747. The molecule has 2 N–H and O–H groups in total. The number of nitrogens with one attached hydrogen (secondary N) is 2. The number of fused-ring (bicyclic) bond motifs is 1. The first-order chi connectivity index (χ1) is 12.5. The molecule has 1 spiro atoms. The van der Waals surface area contributed by atoms with Gasteiger partial charge in [0.05, 0.1) is 0 Å². The van der Waals surface area contributed by atoms with Gasteiger partial charge in [0.15, 0.2) is 0 Å². The summed E-state index contributed by atoms with van der Waals surface area (Å²) in [4.78, 5) is 40.4. The van der Waals surface area contributed by atoms with E-state index in [1.54, 1.807) is 4.90 Å². The summed E-state index contributed by atoms with van der Waals surface area (Å²) in [6.45, 7) is 4.52. The Morgan fingerprint density at radius 1 is 1.19 bits per heavy atom. The second kappa shape index (κ2) is 5.62. The van der Waals surface area contributed by atoms with Crippen LogP contribution in [-0.4, -0.2) is 58.7 Å². The van der Waals surface area contributed by atoms with E-state index < -0.39 is 6.04 Å². The minimum absolute atomic E-state index is 0.0999. The van der Waals surface area contributed by atoms with E-state index >= 15 is 0 Å². The Morgan fingerprint density at radius 2 is 2.00 bits per heavy atom. The average Bonchev–Trinajstić information content (AvgIpc) is 2.87. The third kappa shape index (κ3) is 2.38. The summed E-state index contributed by atoms with van der Waals surface area (Å²) in [5, 5.41) is 5.87. The van der Waals surface area contributed by atoms with Crippen molar-refractivity contribution < 1.29 is 14.4 Å². The number of hydrogen-bond acceptors (Lipinski definition) is 5. The highest BCUT2D eigenvalue weighted by Crippen LogP contribution is 2.34. The number of imide groups is 1. The molecule has 0 aliphatic carbocycles. The highest BCUT2D eigenvalue weighted by Gasteiger charge is 2.47. The second-order valence-corrected chi connectivity index (χ2v) is 7.95. The molecule has 0 bridgehead atoms.